The fourth-order valence-electron chi connectivity index (χ4n) is 3.55. The molecule has 0 bridgehead atoms. The van der Waals surface area contributed by atoms with Gasteiger partial charge in [0.05, 0.1) is 33.3 Å². The van der Waals surface area contributed by atoms with Gasteiger partial charge in [-0.3, -0.25) is 9.10 Å². The zero-order chi connectivity index (χ0) is 24.5. The van der Waals surface area contributed by atoms with Crippen LogP contribution >= 0.6 is 23.2 Å². The van der Waals surface area contributed by atoms with Gasteiger partial charge in [0.2, 0.25) is 5.91 Å². The Bertz CT molecular complexity index is 1340. The molecule has 1 aromatic heterocycles. The number of sulfonamides is 1. The summed E-state index contributed by atoms with van der Waals surface area (Å²) >= 11 is 11.9. The highest BCUT2D eigenvalue weighted by Gasteiger charge is 2.36. The molecule has 0 radical (unpaired) electrons. The highest BCUT2D eigenvalue weighted by Crippen LogP contribution is 2.29. The predicted molar refractivity (Wildman–Crippen MR) is 126 cm³/mol. The molecule has 1 amide bonds. The maximum Gasteiger partial charge on any atom is 0.264 e. The minimum absolute atomic E-state index is 0.00684. The molecule has 2 aromatic carbocycles. The molecular weight excluding hydrogens is 501 g/mol. The maximum absolute atomic E-state index is 13.3. The van der Waals surface area contributed by atoms with E-state index < -0.39 is 22.0 Å². The van der Waals surface area contributed by atoms with Gasteiger partial charge >= 0.3 is 0 Å². The molecule has 2 N–H and O–H groups in total. The van der Waals surface area contributed by atoms with Gasteiger partial charge in [0, 0.05) is 25.0 Å². The molecule has 178 valence electrons. The monoisotopic (exact) mass is 521 g/mol. The van der Waals surface area contributed by atoms with Crippen LogP contribution in [0.1, 0.15) is 29.8 Å². The summed E-state index contributed by atoms with van der Waals surface area (Å²) in [7, 11) is -4.10. The molecule has 2 atom stereocenters. The lowest BCUT2D eigenvalue weighted by molar-refractivity contribution is -0.124. The van der Waals surface area contributed by atoms with Crippen LogP contribution in [0, 0.1) is 0 Å². The van der Waals surface area contributed by atoms with Crippen molar-refractivity contribution in [2.45, 2.75) is 36.9 Å². The molecule has 4 rings (SSSR count). The van der Waals surface area contributed by atoms with Gasteiger partial charge in [-0.25, -0.2) is 13.1 Å². The average Bonchev–Trinajstić information content (AvgIpc) is 3.30. The molecular formula is C22H21Cl2N5O4S. The van der Waals surface area contributed by atoms with Gasteiger partial charge in [0.1, 0.15) is 6.04 Å². The van der Waals surface area contributed by atoms with E-state index in [-0.39, 0.29) is 34.0 Å². The highest BCUT2D eigenvalue weighted by molar-refractivity contribution is 7.89. The Kier molecular flexibility index (Phi) is 6.94. The van der Waals surface area contributed by atoms with E-state index in [1.165, 1.54) is 30.6 Å². The molecule has 0 saturated carbocycles. The molecule has 1 aliphatic rings. The van der Waals surface area contributed by atoms with Crippen molar-refractivity contribution >= 4 is 39.1 Å². The van der Waals surface area contributed by atoms with Crippen LogP contribution in [-0.4, -0.2) is 44.8 Å². The van der Waals surface area contributed by atoms with Crippen molar-refractivity contribution in [3.63, 3.8) is 0 Å². The number of nitrogens with one attached hydrogen (secondary N) is 1. The summed E-state index contributed by atoms with van der Waals surface area (Å²) in [5.41, 5.74) is 2.20. The fourth-order valence-corrected chi connectivity index (χ4v) is 5.39. The van der Waals surface area contributed by atoms with Gasteiger partial charge in [-0.1, -0.05) is 52.7 Å². The molecule has 0 saturated heterocycles. The molecule has 0 aliphatic carbocycles. The van der Waals surface area contributed by atoms with E-state index >= 15 is 0 Å². The Morgan fingerprint density at radius 2 is 1.88 bits per heavy atom. The molecule has 34 heavy (non-hydrogen) atoms. The van der Waals surface area contributed by atoms with Crippen molar-refractivity contribution in [3.8, 4) is 0 Å². The number of carbonyl (C=O) groups is 1. The number of amides is 1. The zero-order valence-electron chi connectivity index (χ0n) is 18.0. The van der Waals surface area contributed by atoms with Gasteiger partial charge in [-0.05, 0) is 36.2 Å². The summed E-state index contributed by atoms with van der Waals surface area (Å²) in [6, 6.07) is 10.2. The first-order chi connectivity index (χ1) is 16.2. The molecule has 1 aliphatic heterocycles. The minimum Gasteiger partial charge on any atom is -0.392 e. The quantitative estimate of drug-likeness (QED) is 0.493. The summed E-state index contributed by atoms with van der Waals surface area (Å²) in [5, 5.41) is 20.4. The Labute approximate surface area is 206 Å². The number of halogens is 2. The van der Waals surface area contributed by atoms with Gasteiger partial charge < -0.3 is 10.4 Å². The van der Waals surface area contributed by atoms with Crippen molar-refractivity contribution in [2.24, 2.45) is 0 Å². The number of benzene rings is 2. The van der Waals surface area contributed by atoms with Gasteiger partial charge in [0.15, 0.2) is 0 Å². The van der Waals surface area contributed by atoms with E-state index in [4.69, 9.17) is 23.2 Å². The lowest BCUT2D eigenvalue weighted by atomic mass is 10.1. The third-order valence-electron chi connectivity index (χ3n) is 5.53. The smallest absolute Gasteiger partial charge is 0.264 e. The molecule has 0 spiro atoms. The summed E-state index contributed by atoms with van der Waals surface area (Å²) < 4.78 is 29.2. The first-order valence-corrected chi connectivity index (χ1v) is 12.5. The first kappa shape index (κ1) is 24.2. The van der Waals surface area contributed by atoms with E-state index in [2.05, 4.69) is 15.6 Å². The van der Waals surface area contributed by atoms with Gasteiger partial charge in [0.25, 0.3) is 10.0 Å². The number of hydrogen-bond acceptors (Lipinski definition) is 6. The van der Waals surface area contributed by atoms with Crippen molar-refractivity contribution in [2.75, 3.05) is 0 Å². The van der Waals surface area contributed by atoms with Gasteiger partial charge in [-0.2, -0.15) is 0 Å². The van der Waals surface area contributed by atoms with Crippen LogP contribution in [0.15, 0.2) is 66.0 Å². The lowest BCUT2D eigenvalue weighted by Gasteiger charge is -2.31. The molecule has 2 heterocycles. The largest absolute Gasteiger partial charge is 0.392 e. The number of aliphatic hydroxyl groups excluding tert-OH is 1. The average molecular weight is 522 g/mol. The fraction of sp³-hybridized carbons (Fsp3) is 0.227. The maximum atomic E-state index is 13.3. The normalized spacial score (nSPS) is 17.0. The number of rotatable bonds is 7. The van der Waals surface area contributed by atoms with Gasteiger partial charge in [-0.15, -0.1) is 5.10 Å². The van der Waals surface area contributed by atoms with E-state index in [1.54, 1.807) is 10.9 Å². The van der Waals surface area contributed by atoms with Crippen LogP contribution in [-0.2, 0) is 27.8 Å². The standard InChI is InChI=1S/C22H21Cl2N5O4S/c1-14(16-4-2-15(13-30)3-5-16)28-12-17(26-27-28)10-21-22(31)25-8-9-29(21)34(32,33)18-6-7-19(23)20(24)11-18/h2-9,11-12,14,21,30H,10,13H2,1H3,(H,25,31)/t14-,21-/m1/s1. The molecule has 12 heteroatoms. The van der Waals surface area contributed by atoms with Crippen LogP contribution in [0.5, 0.6) is 0 Å². The lowest BCUT2D eigenvalue weighted by Crippen LogP contribution is -2.50. The number of aliphatic hydroxyl groups is 1. The summed E-state index contributed by atoms with van der Waals surface area (Å²) in [6.07, 6.45) is 4.25. The summed E-state index contributed by atoms with van der Waals surface area (Å²) in [6.45, 7) is 1.89. The Morgan fingerprint density at radius 1 is 1.15 bits per heavy atom. The third kappa shape index (κ3) is 4.80. The number of carbonyl (C=O) groups excluding carboxylic acids is 1. The van der Waals surface area contributed by atoms with E-state index in [1.807, 2.05) is 31.2 Å². The Morgan fingerprint density at radius 3 is 2.56 bits per heavy atom. The summed E-state index contributed by atoms with van der Waals surface area (Å²) in [5.74, 6) is -0.492. The van der Waals surface area contributed by atoms with Crippen LogP contribution in [0.3, 0.4) is 0 Å². The van der Waals surface area contributed by atoms with Crippen molar-refractivity contribution in [1.29, 1.82) is 0 Å². The SMILES string of the molecule is C[C@H](c1ccc(CO)cc1)n1cc(C[C@@H]2C(=O)NC=CN2S(=O)(=O)c2ccc(Cl)c(Cl)c2)nn1. The Balaban J connectivity index is 1.58. The Hall–Kier alpha value is -2.92. The first-order valence-electron chi connectivity index (χ1n) is 10.3. The zero-order valence-corrected chi connectivity index (χ0v) is 20.3. The van der Waals surface area contributed by atoms with Crippen molar-refractivity contribution in [3.05, 3.63) is 87.9 Å². The molecule has 3 aromatic rings. The van der Waals surface area contributed by atoms with Crippen LogP contribution < -0.4 is 5.32 Å². The number of nitrogens with zero attached hydrogens (tertiary/aromatic N) is 4. The van der Waals surface area contributed by atoms with Crippen LogP contribution in [0.25, 0.3) is 0 Å². The topological polar surface area (TPSA) is 117 Å². The number of aromatic nitrogens is 3. The second kappa shape index (κ2) is 9.75. The predicted octanol–water partition coefficient (Wildman–Crippen LogP) is 2.89. The second-order valence-electron chi connectivity index (χ2n) is 7.72. The van der Waals surface area contributed by atoms with E-state index in [0.717, 1.165) is 15.4 Å². The summed E-state index contributed by atoms with van der Waals surface area (Å²) in [4.78, 5) is 12.6. The highest BCUT2D eigenvalue weighted by atomic mass is 35.5. The van der Waals surface area contributed by atoms with Crippen LogP contribution in [0.4, 0.5) is 0 Å². The van der Waals surface area contributed by atoms with Crippen molar-refractivity contribution < 1.29 is 18.3 Å². The van der Waals surface area contributed by atoms with Crippen LogP contribution in [0.2, 0.25) is 10.0 Å². The third-order valence-corrected chi connectivity index (χ3v) is 8.05. The molecule has 0 fully saturated rings. The van der Waals surface area contributed by atoms with E-state index in [0.29, 0.717) is 5.69 Å². The molecule has 9 nitrogen and oxygen atoms in total. The van der Waals surface area contributed by atoms with E-state index in [9.17, 15) is 18.3 Å². The van der Waals surface area contributed by atoms with Crippen molar-refractivity contribution in [1.82, 2.24) is 24.6 Å². The number of hydrogen-bond donors (Lipinski definition) is 2. The molecule has 0 unspecified atom stereocenters. The minimum atomic E-state index is -4.10. The second-order valence-corrected chi connectivity index (χ2v) is 10.4.